The fraction of sp³-hybridized carbons (Fsp3) is 0.295. The molecule has 0 spiro atoms. The topological polar surface area (TPSA) is 291 Å². The molecule has 0 aliphatic carbocycles. The highest BCUT2D eigenvalue weighted by molar-refractivity contribution is 6.07. The lowest BCUT2D eigenvalue weighted by atomic mass is 10.1. The van der Waals surface area contributed by atoms with E-state index in [2.05, 4.69) is 42.2 Å². The molecule has 6 aromatic rings. The molecule has 7 amide bonds. The summed E-state index contributed by atoms with van der Waals surface area (Å²) in [6, 6.07) is 9.41. The van der Waals surface area contributed by atoms with E-state index in [4.69, 9.17) is 11.5 Å². The lowest BCUT2D eigenvalue weighted by molar-refractivity contribution is -0.123. The van der Waals surface area contributed by atoms with Crippen LogP contribution in [0.3, 0.4) is 0 Å². The van der Waals surface area contributed by atoms with E-state index in [1.807, 2.05) is 0 Å². The van der Waals surface area contributed by atoms with Crippen LogP contribution < -0.4 is 48.7 Å². The molecule has 21 nitrogen and oxygen atoms in total. The number of unbranched alkanes of at least 4 members (excludes halogenated alkanes) is 1. The third-order valence-electron chi connectivity index (χ3n) is 10.7. The molecule has 1 aromatic carbocycles. The van der Waals surface area contributed by atoms with Crippen LogP contribution in [0.15, 0.2) is 73.4 Å². The van der Waals surface area contributed by atoms with Crippen LogP contribution in [0, 0.1) is 5.82 Å². The molecule has 22 heteroatoms. The summed E-state index contributed by atoms with van der Waals surface area (Å²) in [7, 11) is 6.56. The second-order valence-corrected chi connectivity index (χ2v) is 15.6. The highest BCUT2D eigenvalue weighted by Gasteiger charge is 2.24. The number of hydrogen-bond acceptors (Lipinski definition) is 9. The van der Waals surface area contributed by atoms with Crippen LogP contribution in [-0.2, 0) is 49.0 Å². The van der Waals surface area contributed by atoms with E-state index in [1.165, 1.54) is 45.5 Å². The molecule has 348 valence electrons. The van der Waals surface area contributed by atoms with Gasteiger partial charge in [0.2, 0.25) is 17.7 Å². The molecule has 5 aromatic heterocycles. The van der Waals surface area contributed by atoms with Gasteiger partial charge in [-0.05, 0) is 73.7 Å². The van der Waals surface area contributed by atoms with Crippen molar-refractivity contribution in [1.29, 1.82) is 0 Å². The van der Waals surface area contributed by atoms with E-state index in [9.17, 15) is 38.0 Å². The van der Waals surface area contributed by atoms with Crippen LogP contribution in [0.2, 0.25) is 0 Å². The summed E-state index contributed by atoms with van der Waals surface area (Å²) >= 11 is 0. The van der Waals surface area contributed by atoms with E-state index >= 15 is 0 Å². The quantitative estimate of drug-likeness (QED) is 0.0501. The molecule has 12 N–H and O–H groups in total. The summed E-state index contributed by atoms with van der Waals surface area (Å²) in [4.78, 5) is 93.3. The predicted molar refractivity (Wildman–Crippen MR) is 245 cm³/mol. The van der Waals surface area contributed by atoms with Crippen molar-refractivity contribution < 1.29 is 38.0 Å². The summed E-state index contributed by atoms with van der Waals surface area (Å²) in [5.41, 5.74) is 14.7. The maximum Gasteiger partial charge on any atom is 0.272 e. The van der Waals surface area contributed by atoms with Crippen molar-refractivity contribution in [3.05, 3.63) is 108 Å². The molecule has 1 unspecified atom stereocenters. The normalized spacial score (nSPS) is 11.5. The number of hydrogen-bond donors (Lipinski definition) is 10. The fourth-order valence-corrected chi connectivity index (χ4v) is 7.32. The van der Waals surface area contributed by atoms with E-state index in [1.54, 1.807) is 74.4 Å². The van der Waals surface area contributed by atoms with Crippen LogP contribution in [0.4, 0.5) is 27.1 Å². The summed E-state index contributed by atoms with van der Waals surface area (Å²) in [6.45, 7) is -0.00478. The molecule has 1 atom stereocenters. The van der Waals surface area contributed by atoms with Crippen molar-refractivity contribution in [2.45, 2.75) is 31.7 Å². The third kappa shape index (κ3) is 11.8. The standard InChI is InChI=1S/C44H53FN14O7/c1-56-23-29(53-42(64)35-14-27(21-57(35)2)51-38(60)18-46)16-34(56)41(63)48-11-6-5-7-33(40(62)49-12-10-25-20-50-32-9-8-26(45)13-31(25)32)55-44(66)37-17-30(24-59(37)4)54-43(65)36-15-28(22-58(36)3)52-39(61)19-47/h8-9,13-17,20-24,33,50H,5-7,10-12,18-19,46-47H2,1-4H3,(H,48,63)(H,49,62)(H,51,60)(H,52,61)(H,53,64)(H,54,65)(H,55,66). The number of benzene rings is 1. The van der Waals surface area contributed by atoms with Gasteiger partial charge in [0.1, 0.15) is 34.6 Å². The van der Waals surface area contributed by atoms with Crippen molar-refractivity contribution >= 4 is 75.0 Å². The van der Waals surface area contributed by atoms with Crippen molar-refractivity contribution in [1.82, 2.24) is 39.2 Å². The first-order chi connectivity index (χ1) is 31.5. The van der Waals surface area contributed by atoms with E-state index < -0.39 is 47.4 Å². The number of H-pyrrole nitrogens is 1. The van der Waals surface area contributed by atoms with Crippen molar-refractivity contribution in [3.8, 4) is 0 Å². The van der Waals surface area contributed by atoms with E-state index in [0.717, 1.165) is 11.1 Å². The van der Waals surface area contributed by atoms with E-state index in [-0.39, 0.29) is 61.2 Å². The first kappa shape index (κ1) is 47.5. The highest BCUT2D eigenvalue weighted by Crippen LogP contribution is 2.21. The van der Waals surface area contributed by atoms with Crippen LogP contribution in [-0.4, -0.2) is 96.8 Å². The Morgan fingerprint density at radius 2 is 1.09 bits per heavy atom. The Balaban J connectivity index is 1.06. The van der Waals surface area contributed by atoms with E-state index in [0.29, 0.717) is 47.4 Å². The molecule has 0 aliphatic rings. The maximum absolute atomic E-state index is 14.0. The van der Waals surface area contributed by atoms with Gasteiger partial charge < -0.3 is 71.9 Å². The molecule has 0 saturated heterocycles. The maximum atomic E-state index is 14.0. The van der Waals surface area contributed by atoms with Gasteiger partial charge >= 0.3 is 0 Å². The van der Waals surface area contributed by atoms with Crippen LogP contribution in [0.25, 0.3) is 10.9 Å². The summed E-state index contributed by atoms with van der Waals surface area (Å²) in [6.07, 6.45) is 9.47. The van der Waals surface area contributed by atoms with Gasteiger partial charge in [-0.15, -0.1) is 0 Å². The number of fused-ring (bicyclic) bond motifs is 1. The molecule has 0 radical (unpaired) electrons. The van der Waals surface area contributed by atoms with Gasteiger partial charge in [0.05, 0.1) is 35.8 Å². The number of anilines is 4. The van der Waals surface area contributed by atoms with Crippen LogP contribution in [0.5, 0.6) is 0 Å². The number of carbonyl (C=O) groups is 7. The molecule has 0 aliphatic heterocycles. The number of nitrogens with one attached hydrogen (secondary N) is 8. The Kier molecular flexibility index (Phi) is 15.2. The lowest BCUT2D eigenvalue weighted by Gasteiger charge is -2.19. The fourth-order valence-electron chi connectivity index (χ4n) is 7.32. The van der Waals surface area contributed by atoms with Crippen molar-refractivity contribution in [2.75, 3.05) is 47.4 Å². The first-order valence-electron chi connectivity index (χ1n) is 20.9. The van der Waals surface area contributed by atoms with Gasteiger partial charge in [0.15, 0.2) is 0 Å². The molecule has 0 fully saturated rings. The average molecular weight is 909 g/mol. The number of aryl methyl sites for hydroxylation is 4. The smallest absolute Gasteiger partial charge is 0.272 e. The van der Waals surface area contributed by atoms with Gasteiger partial charge in [-0.1, -0.05) is 0 Å². The van der Waals surface area contributed by atoms with Gasteiger partial charge in [-0.2, -0.15) is 0 Å². The number of halogens is 1. The predicted octanol–water partition coefficient (Wildman–Crippen LogP) is 2.02. The van der Waals surface area contributed by atoms with Gasteiger partial charge in [-0.25, -0.2) is 4.39 Å². The molecular weight excluding hydrogens is 856 g/mol. The van der Waals surface area contributed by atoms with Crippen molar-refractivity contribution in [3.63, 3.8) is 0 Å². The molecule has 6 rings (SSSR count). The van der Waals surface area contributed by atoms with Crippen molar-refractivity contribution in [2.24, 2.45) is 39.7 Å². The second kappa shape index (κ2) is 21.1. The molecule has 0 bridgehead atoms. The van der Waals surface area contributed by atoms with Gasteiger partial charge in [-0.3, -0.25) is 33.6 Å². The number of nitrogens with two attached hydrogens (primary N) is 2. The minimum atomic E-state index is -0.997. The molecular formula is C44H53FN14O7. The Bertz CT molecular complexity index is 2790. The molecule has 5 heterocycles. The average Bonchev–Trinajstić information content (AvgIpc) is 4.11. The molecule has 66 heavy (non-hydrogen) atoms. The monoisotopic (exact) mass is 908 g/mol. The van der Waals surface area contributed by atoms with Crippen LogP contribution in [0.1, 0.15) is 66.8 Å². The minimum absolute atomic E-state index is 0.154. The number of amides is 7. The minimum Gasteiger partial charge on any atom is -0.361 e. The summed E-state index contributed by atoms with van der Waals surface area (Å²) in [5, 5.41) is 20.0. The summed E-state index contributed by atoms with van der Waals surface area (Å²) in [5.74, 6) is -3.61. The van der Waals surface area contributed by atoms with Gasteiger partial charge in [0, 0.05) is 83.2 Å². The highest BCUT2D eigenvalue weighted by atomic mass is 19.1. The zero-order valence-corrected chi connectivity index (χ0v) is 36.8. The van der Waals surface area contributed by atoms with Gasteiger partial charge in [0.25, 0.3) is 23.6 Å². The number of aromatic amines is 1. The molecule has 0 saturated carbocycles. The van der Waals surface area contributed by atoms with Crippen LogP contribution >= 0.6 is 0 Å². The Hall–Kier alpha value is -7.98. The first-order valence-corrected chi connectivity index (χ1v) is 20.9. The Labute approximate surface area is 377 Å². The Morgan fingerprint density at radius 3 is 1.61 bits per heavy atom. The Morgan fingerprint density at radius 1 is 0.606 bits per heavy atom. The third-order valence-corrected chi connectivity index (χ3v) is 10.7. The largest absolute Gasteiger partial charge is 0.361 e. The number of carbonyl (C=O) groups excluding carboxylic acids is 7. The number of aromatic nitrogens is 5. The zero-order chi connectivity index (χ0) is 47.7. The lowest BCUT2D eigenvalue weighted by Crippen LogP contribution is -2.47. The second-order valence-electron chi connectivity index (χ2n) is 15.6. The zero-order valence-electron chi connectivity index (χ0n) is 36.8. The summed E-state index contributed by atoms with van der Waals surface area (Å²) < 4.78 is 20.1. The number of nitrogens with zero attached hydrogens (tertiary/aromatic N) is 4. The SMILES string of the molecule is Cn1cc(NC(=O)c2cc(NC(=O)CN)cn2C)cc1C(=O)NCCCCC(NC(=O)c1cc(NC(=O)c2cc(NC(=O)CN)cn2C)cn1C)C(=O)NCCc1c[nH]c2ccc(F)cc12. The number of rotatable bonds is 20.